The molecule has 0 rings (SSSR count). The summed E-state index contributed by atoms with van der Waals surface area (Å²) in [5.74, 6) is 0. The first-order valence-electron chi connectivity index (χ1n) is 0. The van der Waals surface area contributed by atoms with Gasteiger partial charge < -0.3 is 16.4 Å². The van der Waals surface area contributed by atoms with Gasteiger partial charge in [0, 0.05) is 0 Å². The van der Waals surface area contributed by atoms with Gasteiger partial charge in [0.25, 0.3) is 0 Å². The van der Waals surface area contributed by atoms with Crippen molar-refractivity contribution in [2.75, 3.05) is 0 Å². The summed E-state index contributed by atoms with van der Waals surface area (Å²) in [7, 11) is 0. The zero-order chi connectivity index (χ0) is 0. The quantitative estimate of drug-likeness (QED) is 0.341. The van der Waals surface area contributed by atoms with Gasteiger partial charge >= 0.3 is 82.0 Å². The topological polar surface area (TPSA) is 85.5 Å². The second-order valence-corrected chi connectivity index (χ2v) is 0. The Bertz CT molecular complexity index is 14.9. The largest absolute Gasteiger partial charge is 2.00 e. The van der Waals surface area contributed by atoms with Gasteiger partial charge in [0.15, 0.2) is 0 Å². The van der Waals surface area contributed by atoms with Gasteiger partial charge in [0.1, 0.15) is 0 Å². The van der Waals surface area contributed by atoms with E-state index in [0.29, 0.717) is 0 Å². The monoisotopic (exact) mass is 191 g/mol. The van der Waals surface area contributed by atoms with Crippen molar-refractivity contribution in [2.24, 2.45) is 0 Å². The molecule has 0 amide bonds. The van der Waals surface area contributed by atoms with E-state index < -0.39 is 0 Å². The molecular weight excluding hydrogens is 192 g/mol. The molecule has 0 unspecified atom stereocenters. The van der Waals surface area contributed by atoms with E-state index in [-0.39, 0.29) is 98.4 Å². The molecule has 0 saturated heterocycles. The molecule has 0 atom stereocenters. The van der Waals surface area contributed by atoms with Gasteiger partial charge in [-0.15, -0.1) is 0 Å². The first kappa shape index (κ1) is 110. The molecule has 0 saturated carbocycles. The predicted molar refractivity (Wildman–Crippen MR) is 2.06 cm³/mol. The van der Waals surface area contributed by atoms with Crippen LogP contribution >= 0.6 is 0 Å². The second kappa shape index (κ2) is 76.8. The SMILES string of the molecule is [Li+].[Mn+2].[Na+].[Ni+2].[O-2].[O-2].[O-2]. The van der Waals surface area contributed by atoms with E-state index >= 15 is 0 Å². The van der Waals surface area contributed by atoms with Crippen LogP contribution in [0.3, 0.4) is 0 Å². The molecule has 0 N–H and O–H groups in total. The summed E-state index contributed by atoms with van der Waals surface area (Å²) in [5.41, 5.74) is 0. The third-order valence-corrected chi connectivity index (χ3v) is 0. The molecule has 0 fully saturated rings. The van der Waals surface area contributed by atoms with E-state index in [1.807, 2.05) is 0 Å². The Morgan fingerprint density at radius 3 is 0.714 bits per heavy atom. The van der Waals surface area contributed by atoms with Crippen LogP contribution in [0.1, 0.15) is 0 Å². The first-order valence-corrected chi connectivity index (χ1v) is 0. The van der Waals surface area contributed by atoms with E-state index in [0.717, 1.165) is 0 Å². The van der Waals surface area contributed by atoms with Crippen LogP contribution in [-0.2, 0) is 50.0 Å². The third-order valence-electron chi connectivity index (χ3n) is 0. The van der Waals surface area contributed by atoms with Crippen molar-refractivity contribution in [3.63, 3.8) is 0 Å². The Labute approximate surface area is 97.2 Å². The molecule has 0 aromatic heterocycles. The zero-order valence-electron chi connectivity index (χ0n) is 3.92. The molecule has 37 valence electrons. The molecule has 0 aliphatic rings. The fourth-order valence-corrected chi connectivity index (χ4v) is 0. The molecular formula is LiMnNaNiO3. The molecule has 0 bridgehead atoms. The van der Waals surface area contributed by atoms with Gasteiger partial charge in [0.2, 0.25) is 0 Å². The summed E-state index contributed by atoms with van der Waals surface area (Å²) in [6.45, 7) is 0. The van der Waals surface area contributed by atoms with Gasteiger partial charge in [-0.2, -0.15) is 0 Å². The van der Waals surface area contributed by atoms with Crippen molar-refractivity contribution in [1.82, 2.24) is 0 Å². The van der Waals surface area contributed by atoms with Crippen LogP contribution in [0.5, 0.6) is 0 Å². The standard InChI is InChI=1S/Li.Mn.Na.Ni.3O/q+1;+2;+1;+2;3*-2. The summed E-state index contributed by atoms with van der Waals surface area (Å²) < 4.78 is 0. The van der Waals surface area contributed by atoms with Gasteiger partial charge in [-0.25, -0.2) is 0 Å². The maximum absolute atomic E-state index is 0. The van der Waals surface area contributed by atoms with Crippen molar-refractivity contribution < 1.29 is 98.4 Å². The van der Waals surface area contributed by atoms with Crippen LogP contribution in [0, 0.1) is 0 Å². The Balaban J connectivity index is 0. The average molecular weight is 192 g/mol. The molecule has 1 radical (unpaired) electrons. The normalized spacial score (nSPS) is 0. The van der Waals surface area contributed by atoms with Crippen molar-refractivity contribution in [1.29, 1.82) is 0 Å². The van der Waals surface area contributed by atoms with Crippen molar-refractivity contribution in [3.05, 3.63) is 0 Å². The fraction of sp³-hybridized carbons (Fsp3) is 0. The molecule has 0 heterocycles. The van der Waals surface area contributed by atoms with Gasteiger partial charge in [-0.05, 0) is 0 Å². The zero-order valence-corrected chi connectivity index (χ0v) is 8.09. The second-order valence-electron chi connectivity index (χ2n) is 0. The van der Waals surface area contributed by atoms with Gasteiger partial charge in [0.05, 0.1) is 0 Å². The van der Waals surface area contributed by atoms with E-state index in [9.17, 15) is 0 Å². The smallest absolute Gasteiger partial charge is 2.00 e. The van der Waals surface area contributed by atoms with Crippen LogP contribution < -0.4 is 48.4 Å². The fourth-order valence-electron chi connectivity index (χ4n) is 0. The molecule has 7 heteroatoms. The average Bonchev–Trinajstić information content (AvgIpc) is 0. The molecule has 0 aliphatic carbocycles. The minimum absolute atomic E-state index is 0. The molecule has 0 aromatic carbocycles. The minimum atomic E-state index is 0. The van der Waals surface area contributed by atoms with Gasteiger partial charge in [-0.1, -0.05) is 0 Å². The Kier molecular flexibility index (Phi) is 1210. The maximum atomic E-state index is 0. The van der Waals surface area contributed by atoms with Crippen molar-refractivity contribution in [2.45, 2.75) is 0 Å². The predicted octanol–water partition coefficient (Wildman–Crippen LogP) is -6.35. The minimum Gasteiger partial charge on any atom is -2.00 e. The van der Waals surface area contributed by atoms with E-state index in [1.54, 1.807) is 0 Å². The number of hydrogen-bond acceptors (Lipinski definition) is 0. The maximum Gasteiger partial charge on any atom is 2.00 e. The van der Waals surface area contributed by atoms with E-state index in [4.69, 9.17) is 0 Å². The van der Waals surface area contributed by atoms with Crippen LogP contribution in [0.15, 0.2) is 0 Å². The Morgan fingerprint density at radius 2 is 0.714 bits per heavy atom. The van der Waals surface area contributed by atoms with E-state index in [2.05, 4.69) is 0 Å². The van der Waals surface area contributed by atoms with Crippen LogP contribution in [-0.4, -0.2) is 0 Å². The summed E-state index contributed by atoms with van der Waals surface area (Å²) >= 11 is 0. The molecule has 7 heavy (non-hydrogen) atoms. The van der Waals surface area contributed by atoms with Gasteiger partial charge in [-0.3, -0.25) is 0 Å². The summed E-state index contributed by atoms with van der Waals surface area (Å²) in [6.07, 6.45) is 0. The summed E-state index contributed by atoms with van der Waals surface area (Å²) in [5, 5.41) is 0. The van der Waals surface area contributed by atoms with Crippen LogP contribution in [0.25, 0.3) is 0 Å². The summed E-state index contributed by atoms with van der Waals surface area (Å²) in [4.78, 5) is 0. The molecule has 0 aromatic rings. The van der Waals surface area contributed by atoms with E-state index in [1.165, 1.54) is 0 Å². The Hall–Kier alpha value is 2.49. The summed E-state index contributed by atoms with van der Waals surface area (Å²) in [6, 6.07) is 0. The molecule has 3 nitrogen and oxygen atoms in total. The number of rotatable bonds is 0. The van der Waals surface area contributed by atoms with Crippen LogP contribution in [0.2, 0.25) is 0 Å². The third kappa shape index (κ3) is 57.7. The Morgan fingerprint density at radius 1 is 0.714 bits per heavy atom. The van der Waals surface area contributed by atoms with Crippen LogP contribution in [0.4, 0.5) is 0 Å². The van der Waals surface area contributed by atoms with Crippen molar-refractivity contribution >= 4 is 0 Å². The molecule has 0 aliphatic heterocycles. The van der Waals surface area contributed by atoms with Crippen molar-refractivity contribution in [3.8, 4) is 0 Å². The number of hydrogen-bond donors (Lipinski definition) is 0. The molecule has 0 spiro atoms. The first-order chi connectivity index (χ1) is 0.